The second kappa shape index (κ2) is 8.03. The molecule has 5 nitrogen and oxygen atoms in total. The van der Waals surface area contributed by atoms with Crippen molar-refractivity contribution in [3.05, 3.63) is 59.7 Å². The lowest BCUT2D eigenvalue weighted by molar-refractivity contribution is -0.0688. The summed E-state index contributed by atoms with van der Waals surface area (Å²) in [5.74, 6) is 0.751. The summed E-state index contributed by atoms with van der Waals surface area (Å²) in [7, 11) is 2.90. The minimum atomic E-state index is -0.400. The SMILES string of the molecule is COC(=O)c1ccc(OC2CC(OCc3ccccc3)C2)c(OC)c1. The highest BCUT2D eigenvalue weighted by molar-refractivity contribution is 5.90. The second-order valence-electron chi connectivity index (χ2n) is 5.99. The molecule has 132 valence electrons. The van der Waals surface area contributed by atoms with E-state index >= 15 is 0 Å². The molecule has 0 amide bonds. The van der Waals surface area contributed by atoms with E-state index in [1.807, 2.05) is 18.2 Å². The van der Waals surface area contributed by atoms with Gasteiger partial charge >= 0.3 is 5.97 Å². The van der Waals surface area contributed by atoms with Gasteiger partial charge in [-0.2, -0.15) is 0 Å². The van der Waals surface area contributed by atoms with Crippen LogP contribution in [0.1, 0.15) is 28.8 Å². The Hall–Kier alpha value is -2.53. The molecule has 1 aliphatic carbocycles. The Morgan fingerprint density at radius 1 is 1.00 bits per heavy atom. The molecule has 1 aliphatic rings. The van der Waals surface area contributed by atoms with E-state index in [0.29, 0.717) is 23.7 Å². The summed E-state index contributed by atoms with van der Waals surface area (Å²) in [4.78, 5) is 11.6. The van der Waals surface area contributed by atoms with Crippen LogP contribution in [-0.4, -0.2) is 32.4 Å². The highest BCUT2D eigenvalue weighted by Gasteiger charge is 2.32. The lowest BCUT2D eigenvalue weighted by atomic mass is 9.92. The van der Waals surface area contributed by atoms with Crippen molar-refractivity contribution in [2.75, 3.05) is 14.2 Å². The lowest BCUT2D eigenvalue weighted by Gasteiger charge is -2.35. The molecule has 0 bridgehead atoms. The predicted octanol–water partition coefficient (Wildman–Crippen LogP) is 3.61. The van der Waals surface area contributed by atoms with Crippen LogP contribution in [0.15, 0.2) is 48.5 Å². The van der Waals surface area contributed by atoms with Crippen molar-refractivity contribution < 1.29 is 23.7 Å². The van der Waals surface area contributed by atoms with E-state index < -0.39 is 5.97 Å². The Bertz CT molecular complexity index is 707. The number of carbonyl (C=O) groups excluding carboxylic acids is 1. The zero-order valence-corrected chi connectivity index (χ0v) is 14.4. The lowest BCUT2D eigenvalue weighted by Crippen LogP contribution is -2.39. The van der Waals surface area contributed by atoms with E-state index in [4.69, 9.17) is 18.9 Å². The van der Waals surface area contributed by atoms with Gasteiger partial charge < -0.3 is 18.9 Å². The molecule has 3 rings (SSSR count). The van der Waals surface area contributed by atoms with Crippen molar-refractivity contribution in [1.29, 1.82) is 0 Å². The summed E-state index contributed by atoms with van der Waals surface area (Å²) >= 11 is 0. The summed E-state index contributed by atoms with van der Waals surface area (Å²) in [6, 6.07) is 15.2. The van der Waals surface area contributed by atoms with Gasteiger partial charge in [0.2, 0.25) is 0 Å². The number of carbonyl (C=O) groups is 1. The number of benzene rings is 2. The molecular formula is C20H22O5. The van der Waals surface area contributed by atoms with Gasteiger partial charge in [0.15, 0.2) is 11.5 Å². The van der Waals surface area contributed by atoms with Gasteiger partial charge in [-0.1, -0.05) is 30.3 Å². The van der Waals surface area contributed by atoms with Crippen LogP contribution in [0.3, 0.4) is 0 Å². The van der Waals surface area contributed by atoms with Crippen LogP contribution in [0.25, 0.3) is 0 Å². The number of hydrogen-bond donors (Lipinski definition) is 0. The Labute approximate surface area is 147 Å². The molecule has 1 saturated carbocycles. The zero-order chi connectivity index (χ0) is 17.6. The minimum absolute atomic E-state index is 0.0960. The molecule has 2 aromatic rings. The highest BCUT2D eigenvalue weighted by Crippen LogP contribution is 2.34. The fourth-order valence-electron chi connectivity index (χ4n) is 2.73. The number of rotatable bonds is 7. The first-order valence-electron chi connectivity index (χ1n) is 8.28. The normalized spacial score (nSPS) is 19.0. The Kier molecular flexibility index (Phi) is 5.56. The van der Waals surface area contributed by atoms with Gasteiger partial charge in [-0.15, -0.1) is 0 Å². The predicted molar refractivity (Wildman–Crippen MR) is 93.0 cm³/mol. The smallest absolute Gasteiger partial charge is 0.337 e. The molecule has 1 fully saturated rings. The van der Waals surface area contributed by atoms with Crippen LogP contribution in [0.5, 0.6) is 11.5 Å². The molecule has 0 aromatic heterocycles. The molecule has 2 aromatic carbocycles. The molecule has 25 heavy (non-hydrogen) atoms. The first-order chi connectivity index (χ1) is 12.2. The quantitative estimate of drug-likeness (QED) is 0.720. The first-order valence-corrected chi connectivity index (χ1v) is 8.28. The van der Waals surface area contributed by atoms with E-state index in [0.717, 1.165) is 12.8 Å². The highest BCUT2D eigenvalue weighted by atomic mass is 16.5. The Morgan fingerprint density at radius 2 is 1.76 bits per heavy atom. The summed E-state index contributed by atoms with van der Waals surface area (Å²) in [6.07, 6.45) is 1.99. The number of esters is 1. The van der Waals surface area contributed by atoms with Crippen LogP contribution in [-0.2, 0) is 16.1 Å². The number of methoxy groups -OCH3 is 2. The molecule has 0 aliphatic heterocycles. The minimum Gasteiger partial charge on any atom is -0.493 e. The van der Waals surface area contributed by atoms with Gasteiger partial charge in [-0.05, 0) is 23.8 Å². The summed E-state index contributed by atoms with van der Waals surface area (Å²) in [5.41, 5.74) is 1.61. The third kappa shape index (κ3) is 4.31. The van der Waals surface area contributed by atoms with Gasteiger partial charge in [0.05, 0.1) is 32.5 Å². The molecule has 0 radical (unpaired) electrons. The van der Waals surface area contributed by atoms with E-state index in [9.17, 15) is 4.79 Å². The largest absolute Gasteiger partial charge is 0.493 e. The molecule has 0 spiro atoms. The van der Waals surface area contributed by atoms with Crippen LogP contribution < -0.4 is 9.47 Å². The van der Waals surface area contributed by atoms with Crippen molar-refractivity contribution in [2.45, 2.75) is 31.7 Å². The maximum Gasteiger partial charge on any atom is 0.337 e. The molecule has 0 N–H and O–H groups in total. The third-order valence-corrected chi connectivity index (χ3v) is 4.26. The van der Waals surface area contributed by atoms with Gasteiger partial charge in [0, 0.05) is 12.8 Å². The van der Waals surface area contributed by atoms with Crippen LogP contribution in [0.2, 0.25) is 0 Å². The molecule has 0 atom stereocenters. The summed E-state index contributed by atoms with van der Waals surface area (Å²) in [6.45, 7) is 0.620. The molecular weight excluding hydrogens is 320 g/mol. The van der Waals surface area contributed by atoms with E-state index in [2.05, 4.69) is 12.1 Å². The Morgan fingerprint density at radius 3 is 2.44 bits per heavy atom. The molecule has 5 heteroatoms. The van der Waals surface area contributed by atoms with Crippen LogP contribution in [0.4, 0.5) is 0 Å². The van der Waals surface area contributed by atoms with Gasteiger partial charge in [0.25, 0.3) is 0 Å². The van der Waals surface area contributed by atoms with Crippen LogP contribution in [0, 0.1) is 0 Å². The Balaban J connectivity index is 1.50. The molecule has 0 saturated heterocycles. The van der Waals surface area contributed by atoms with Gasteiger partial charge in [-0.25, -0.2) is 4.79 Å². The fraction of sp³-hybridized carbons (Fsp3) is 0.350. The van der Waals surface area contributed by atoms with E-state index in [1.165, 1.54) is 12.7 Å². The molecule has 0 unspecified atom stereocenters. The monoisotopic (exact) mass is 342 g/mol. The standard InChI is InChI=1S/C20H22O5/c1-22-19-10-15(20(21)23-2)8-9-18(19)25-17-11-16(12-17)24-13-14-6-4-3-5-7-14/h3-10,16-17H,11-13H2,1-2H3. The van der Waals surface area contributed by atoms with Crippen molar-refractivity contribution in [3.63, 3.8) is 0 Å². The van der Waals surface area contributed by atoms with Crippen LogP contribution >= 0.6 is 0 Å². The summed E-state index contributed by atoms with van der Waals surface area (Å²) < 4.78 is 21.9. The summed E-state index contributed by atoms with van der Waals surface area (Å²) in [5, 5.41) is 0. The fourth-order valence-corrected chi connectivity index (χ4v) is 2.73. The van der Waals surface area contributed by atoms with Crippen molar-refractivity contribution in [3.8, 4) is 11.5 Å². The maximum atomic E-state index is 11.6. The van der Waals surface area contributed by atoms with E-state index in [-0.39, 0.29) is 12.2 Å². The average molecular weight is 342 g/mol. The average Bonchev–Trinajstić information content (AvgIpc) is 2.63. The maximum absolute atomic E-state index is 11.6. The number of ether oxygens (including phenoxy) is 4. The van der Waals surface area contributed by atoms with Crippen molar-refractivity contribution in [1.82, 2.24) is 0 Å². The van der Waals surface area contributed by atoms with Gasteiger partial charge in [-0.3, -0.25) is 0 Å². The third-order valence-electron chi connectivity index (χ3n) is 4.26. The number of hydrogen-bond acceptors (Lipinski definition) is 5. The zero-order valence-electron chi connectivity index (χ0n) is 14.4. The van der Waals surface area contributed by atoms with Crippen molar-refractivity contribution in [2.24, 2.45) is 0 Å². The van der Waals surface area contributed by atoms with Gasteiger partial charge in [0.1, 0.15) is 6.10 Å². The topological polar surface area (TPSA) is 54.0 Å². The van der Waals surface area contributed by atoms with Crippen molar-refractivity contribution >= 4 is 5.97 Å². The second-order valence-corrected chi connectivity index (χ2v) is 5.99. The first kappa shape index (κ1) is 17.3. The van der Waals surface area contributed by atoms with E-state index in [1.54, 1.807) is 25.3 Å². The molecule has 0 heterocycles.